The van der Waals surface area contributed by atoms with E-state index in [0.717, 1.165) is 10.8 Å². The molecule has 0 bridgehead atoms. The molecule has 1 aromatic rings. The fourth-order valence-electron chi connectivity index (χ4n) is 1.83. The third kappa shape index (κ3) is 2.36. The lowest BCUT2D eigenvalue weighted by Crippen LogP contribution is -2.33. The zero-order valence-corrected chi connectivity index (χ0v) is 10.9. The van der Waals surface area contributed by atoms with Gasteiger partial charge in [0.25, 0.3) is 0 Å². The van der Waals surface area contributed by atoms with Crippen molar-refractivity contribution in [3.63, 3.8) is 0 Å². The molecular formula is C9H13N3O4S2. The Hall–Kier alpha value is -0.740. The Morgan fingerprint density at radius 2 is 2.39 bits per heavy atom. The van der Waals surface area contributed by atoms with Gasteiger partial charge < -0.3 is 20.7 Å². The minimum absolute atomic E-state index is 0.114. The molecule has 18 heavy (non-hydrogen) atoms. The molecule has 2 unspecified atom stereocenters. The summed E-state index contributed by atoms with van der Waals surface area (Å²) in [5.41, 5.74) is 4.83. The minimum Gasteiger partial charge on any atom is -0.394 e. The van der Waals surface area contributed by atoms with E-state index in [9.17, 15) is 9.90 Å². The number of thiol groups is 1. The molecule has 9 heteroatoms. The van der Waals surface area contributed by atoms with Gasteiger partial charge in [-0.3, -0.25) is 4.57 Å². The summed E-state index contributed by atoms with van der Waals surface area (Å²) >= 11 is 4.05. The van der Waals surface area contributed by atoms with Gasteiger partial charge in [-0.1, -0.05) is 10.8 Å². The van der Waals surface area contributed by atoms with E-state index in [4.69, 9.17) is 15.6 Å². The number of nitrogens with zero attached hydrogens (tertiary/aromatic N) is 2. The lowest BCUT2D eigenvalue weighted by Gasteiger charge is -2.19. The molecule has 1 aromatic heterocycles. The lowest BCUT2D eigenvalue weighted by molar-refractivity contribution is -0.0456. The number of hydrogen-bond acceptors (Lipinski definition) is 8. The first-order valence-electron chi connectivity index (χ1n) is 5.17. The number of ether oxygens (including phenoxy) is 1. The van der Waals surface area contributed by atoms with Gasteiger partial charge in [-0.25, -0.2) is 4.79 Å². The fraction of sp³-hybridized carbons (Fsp3) is 0.556. The van der Waals surface area contributed by atoms with Crippen LogP contribution in [0.5, 0.6) is 0 Å². The highest BCUT2D eigenvalue weighted by Gasteiger charge is 2.44. The second-order valence-corrected chi connectivity index (χ2v) is 5.24. The molecular weight excluding hydrogens is 278 g/mol. The number of nitrogen functional groups attached to an aromatic ring is 1. The number of nitrogens with two attached hydrogens (primary N) is 1. The number of aromatic nitrogens is 2. The Morgan fingerprint density at radius 3 is 2.94 bits per heavy atom. The maximum atomic E-state index is 11.7. The van der Waals surface area contributed by atoms with E-state index in [2.05, 4.69) is 16.6 Å². The van der Waals surface area contributed by atoms with Gasteiger partial charge in [-0.2, -0.15) is 4.98 Å². The first-order valence-corrected chi connectivity index (χ1v) is 7.11. The van der Waals surface area contributed by atoms with Crippen LogP contribution in [0.1, 0.15) is 6.23 Å². The van der Waals surface area contributed by atoms with Crippen molar-refractivity contribution in [2.24, 2.45) is 0 Å². The highest BCUT2D eigenvalue weighted by molar-refractivity contribution is 8.68. The topological polar surface area (TPSA) is 111 Å². The molecule has 0 radical (unpaired) electrons. The van der Waals surface area contributed by atoms with E-state index in [1.807, 2.05) is 0 Å². The van der Waals surface area contributed by atoms with Gasteiger partial charge in [0.15, 0.2) is 6.23 Å². The second-order valence-electron chi connectivity index (χ2n) is 3.85. The van der Waals surface area contributed by atoms with Crippen LogP contribution in [0.25, 0.3) is 0 Å². The van der Waals surface area contributed by atoms with E-state index in [1.54, 1.807) is 0 Å². The van der Waals surface area contributed by atoms with Gasteiger partial charge in [0.1, 0.15) is 11.9 Å². The highest BCUT2D eigenvalue weighted by Crippen LogP contribution is 2.38. The Labute approximate surface area is 112 Å². The third-order valence-corrected chi connectivity index (χ3v) is 4.23. The van der Waals surface area contributed by atoms with Crippen molar-refractivity contribution in [3.8, 4) is 0 Å². The monoisotopic (exact) mass is 291 g/mol. The molecule has 1 aliphatic heterocycles. The van der Waals surface area contributed by atoms with E-state index in [-0.39, 0.29) is 12.4 Å². The third-order valence-electron chi connectivity index (χ3n) is 2.74. The molecule has 4 N–H and O–H groups in total. The summed E-state index contributed by atoms with van der Waals surface area (Å²) in [6.45, 7) is -0.334. The van der Waals surface area contributed by atoms with E-state index >= 15 is 0 Å². The molecule has 0 aliphatic carbocycles. The van der Waals surface area contributed by atoms with Gasteiger partial charge >= 0.3 is 5.69 Å². The summed E-state index contributed by atoms with van der Waals surface area (Å²) in [5, 5.41) is 18.5. The number of anilines is 1. The SMILES string of the molecule is Nc1ccn([C@@H]2O[C@H](CO)C(O)C2SS)c(=O)n1. The average molecular weight is 291 g/mol. The predicted octanol–water partition coefficient (Wildman–Crippen LogP) is -0.977. The first kappa shape index (κ1) is 13.7. The number of rotatable bonds is 3. The Balaban J connectivity index is 2.35. The molecule has 0 saturated carbocycles. The van der Waals surface area contributed by atoms with Crippen LogP contribution in [0.4, 0.5) is 5.82 Å². The zero-order valence-electron chi connectivity index (χ0n) is 9.21. The highest BCUT2D eigenvalue weighted by atomic mass is 33.1. The van der Waals surface area contributed by atoms with Crippen LogP contribution in [0, 0.1) is 0 Å². The summed E-state index contributed by atoms with van der Waals surface area (Å²) in [4.78, 5) is 15.3. The van der Waals surface area contributed by atoms with Crippen molar-refractivity contribution in [2.75, 3.05) is 12.3 Å². The summed E-state index contributed by atoms with van der Waals surface area (Å²) in [6.07, 6.45) is -0.949. The maximum Gasteiger partial charge on any atom is 0.351 e. The normalized spacial score (nSPS) is 31.7. The molecule has 2 rings (SSSR count). The van der Waals surface area contributed by atoms with Crippen molar-refractivity contribution >= 4 is 28.3 Å². The van der Waals surface area contributed by atoms with Crippen LogP contribution < -0.4 is 11.4 Å². The summed E-state index contributed by atoms with van der Waals surface area (Å²) in [5.74, 6) is 0.114. The molecule has 1 fully saturated rings. The lowest BCUT2D eigenvalue weighted by atomic mass is 10.2. The van der Waals surface area contributed by atoms with Gasteiger partial charge in [-0.05, 0) is 6.07 Å². The molecule has 100 valence electrons. The quantitative estimate of drug-likeness (QED) is 0.418. The van der Waals surface area contributed by atoms with Crippen molar-refractivity contribution in [1.82, 2.24) is 9.55 Å². The van der Waals surface area contributed by atoms with Crippen LogP contribution >= 0.6 is 22.5 Å². The predicted molar refractivity (Wildman–Crippen MR) is 70.3 cm³/mol. The van der Waals surface area contributed by atoms with Crippen LogP contribution in [0.3, 0.4) is 0 Å². The molecule has 0 amide bonds. The van der Waals surface area contributed by atoms with Gasteiger partial charge in [-0.15, -0.1) is 11.7 Å². The Bertz CT molecular complexity index is 483. The molecule has 0 spiro atoms. The van der Waals surface area contributed by atoms with Crippen molar-refractivity contribution in [3.05, 3.63) is 22.7 Å². The Morgan fingerprint density at radius 1 is 1.67 bits per heavy atom. The average Bonchev–Trinajstić information content (AvgIpc) is 2.65. The number of aliphatic hydroxyl groups excluding tert-OH is 2. The second kappa shape index (κ2) is 5.49. The van der Waals surface area contributed by atoms with Crippen molar-refractivity contribution in [2.45, 2.75) is 23.7 Å². The van der Waals surface area contributed by atoms with Crippen molar-refractivity contribution in [1.29, 1.82) is 0 Å². The largest absolute Gasteiger partial charge is 0.394 e. The van der Waals surface area contributed by atoms with Gasteiger partial charge in [0, 0.05) is 6.20 Å². The zero-order chi connectivity index (χ0) is 13.3. The number of aliphatic hydroxyl groups is 2. The first-order chi connectivity index (χ1) is 8.58. The van der Waals surface area contributed by atoms with E-state index < -0.39 is 29.4 Å². The van der Waals surface area contributed by atoms with E-state index in [0.29, 0.717) is 0 Å². The number of hydrogen-bond donors (Lipinski definition) is 4. The smallest absolute Gasteiger partial charge is 0.351 e. The van der Waals surface area contributed by atoms with Crippen LogP contribution in [0.15, 0.2) is 17.1 Å². The minimum atomic E-state index is -0.910. The maximum absolute atomic E-state index is 11.7. The summed E-state index contributed by atoms with van der Waals surface area (Å²) in [6, 6.07) is 1.46. The molecule has 2 heterocycles. The summed E-state index contributed by atoms with van der Waals surface area (Å²) < 4.78 is 6.67. The van der Waals surface area contributed by atoms with Gasteiger partial charge in [0.05, 0.1) is 18.0 Å². The molecule has 7 nitrogen and oxygen atoms in total. The Kier molecular flexibility index (Phi) is 4.17. The fourth-order valence-corrected chi connectivity index (χ4v) is 3.11. The van der Waals surface area contributed by atoms with Gasteiger partial charge in [0.2, 0.25) is 0 Å². The molecule has 4 atom stereocenters. The van der Waals surface area contributed by atoms with Crippen LogP contribution in [-0.4, -0.2) is 43.8 Å². The summed E-state index contributed by atoms with van der Waals surface area (Å²) in [7, 11) is 1.07. The van der Waals surface area contributed by atoms with Crippen LogP contribution in [0.2, 0.25) is 0 Å². The molecule has 1 saturated heterocycles. The van der Waals surface area contributed by atoms with Crippen LogP contribution in [-0.2, 0) is 4.74 Å². The van der Waals surface area contributed by atoms with Crippen molar-refractivity contribution < 1.29 is 14.9 Å². The van der Waals surface area contributed by atoms with E-state index in [1.165, 1.54) is 16.8 Å². The molecule has 0 aromatic carbocycles. The molecule has 1 aliphatic rings. The standard InChI is InChI=1S/C9H13N3O4S2/c10-5-1-2-12(9(15)11-5)8-7(18-17)6(14)4(3-13)16-8/h1-2,4,6-8,13-14,17H,3H2,(H2,10,11,15)/t4-,6?,7?,8-/m1/s1.